The van der Waals surface area contributed by atoms with E-state index in [1.165, 1.54) is 4.90 Å². The van der Waals surface area contributed by atoms with Crippen molar-refractivity contribution in [1.82, 2.24) is 4.57 Å². The summed E-state index contributed by atoms with van der Waals surface area (Å²) in [6, 6.07) is 20.1. The minimum absolute atomic E-state index is 0.0431. The van der Waals surface area contributed by atoms with Crippen LogP contribution in [0.5, 0.6) is 0 Å². The van der Waals surface area contributed by atoms with Gasteiger partial charge >= 0.3 is 5.97 Å². The molecule has 2 aromatic carbocycles. The predicted octanol–water partition coefficient (Wildman–Crippen LogP) is 3.53. The van der Waals surface area contributed by atoms with Gasteiger partial charge in [-0.3, -0.25) is 4.79 Å². The number of ether oxygens (including phenoxy) is 1. The molecule has 1 aliphatic heterocycles. The Morgan fingerprint density at radius 1 is 1.03 bits per heavy atom. The Hall–Kier alpha value is -3.39. The number of benzene rings is 2. The highest BCUT2D eigenvalue weighted by atomic mass is 32.2. The summed E-state index contributed by atoms with van der Waals surface area (Å²) in [5.74, 6) is -1.07. The van der Waals surface area contributed by atoms with Gasteiger partial charge in [0.2, 0.25) is 0 Å². The number of aryl methyl sites for hydroxylation is 1. The third-order valence-electron chi connectivity index (χ3n) is 6.18. The molecule has 0 saturated carbocycles. The second-order valence-corrected chi connectivity index (χ2v) is 10.8. The van der Waals surface area contributed by atoms with Crippen LogP contribution in [-0.2, 0) is 25.9 Å². The van der Waals surface area contributed by atoms with Gasteiger partial charge in [-0.05, 0) is 44.0 Å². The van der Waals surface area contributed by atoms with Gasteiger partial charge in [-0.25, -0.2) is 13.2 Å². The standard InChI is InChI=1S/C26H28N2O5S/c1-19-15-24(20(2)27(19)16-21-9-5-3-6-10-21)26(30)33-17-25(29)28(22-11-7-4-8-12-22)23-13-14-34(31,32)18-23/h3-12,15,23H,13-14,16-18H2,1-2H3/t23-/m0/s1. The molecule has 1 aliphatic rings. The van der Waals surface area contributed by atoms with Crippen LogP contribution in [0.2, 0.25) is 0 Å². The van der Waals surface area contributed by atoms with E-state index in [1.54, 1.807) is 30.3 Å². The number of rotatable bonds is 7. The van der Waals surface area contributed by atoms with E-state index < -0.39 is 34.4 Å². The lowest BCUT2D eigenvalue weighted by atomic mass is 10.2. The summed E-state index contributed by atoms with van der Waals surface area (Å²) in [7, 11) is -3.19. The van der Waals surface area contributed by atoms with Gasteiger partial charge in [0.05, 0.1) is 23.1 Å². The Morgan fingerprint density at radius 3 is 2.29 bits per heavy atom. The van der Waals surface area contributed by atoms with Crippen LogP contribution in [0.15, 0.2) is 66.7 Å². The quantitative estimate of drug-likeness (QED) is 0.483. The lowest BCUT2D eigenvalue weighted by Gasteiger charge is -2.28. The molecule has 0 unspecified atom stereocenters. The van der Waals surface area contributed by atoms with Crippen LogP contribution >= 0.6 is 0 Å². The number of sulfone groups is 1. The maximum atomic E-state index is 13.1. The van der Waals surface area contributed by atoms with Gasteiger partial charge in [-0.15, -0.1) is 0 Å². The van der Waals surface area contributed by atoms with Gasteiger partial charge < -0.3 is 14.2 Å². The first-order chi connectivity index (χ1) is 16.2. The molecule has 1 atom stereocenters. The molecule has 0 spiro atoms. The Labute approximate surface area is 199 Å². The van der Waals surface area contributed by atoms with Crippen LogP contribution in [0.25, 0.3) is 0 Å². The van der Waals surface area contributed by atoms with Crippen molar-refractivity contribution in [3.63, 3.8) is 0 Å². The molecule has 2 heterocycles. The molecular formula is C26H28N2O5S. The Morgan fingerprint density at radius 2 is 1.68 bits per heavy atom. The molecule has 1 saturated heterocycles. The number of nitrogens with zero attached hydrogens (tertiary/aromatic N) is 2. The molecule has 1 aromatic heterocycles. The molecule has 8 heteroatoms. The van der Waals surface area contributed by atoms with Crippen LogP contribution in [0.1, 0.15) is 33.7 Å². The fourth-order valence-electron chi connectivity index (χ4n) is 4.42. The molecule has 1 amide bonds. The molecule has 34 heavy (non-hydrogen) atoms. The number of carbonyl (C=O) groups is 2. The number of hydrogen-bond acceptors (Lipinski definition) is 5. The van der Waals surface area contributed by atoms with Gasteiger partial charge in [0, 0.05) is 23.6 Å². The Kier molecular flexibility index (Phi) is 6.88. The number of para-hydroxylation sites is 1. The maximum Gasteiger partial charge on any atom is 0.340 e. The minimum Gasteiger partial charge on any atom is -0.452 e. The van der Waals surface area contributed by atoms with E-state index in [2.05, 4.69) is 0 Å². The van der Waals surface area contributed by atoms with Gasteiger partial charge in [0.15, 0.2) is 16.4 Å². The summed E-state index contributed by atoms with van der Waals surface area (Å²) in [6.07, 6.45) is 0.359. The third-order valence-corrected chi connectivity index (χ3v) is 7.93. The van der Waals surface area contributed by atoms with E-state index in [0.717, 1.165) is 17.0 Å². The van der Waals surface area contributed by atoms with E-state index in [0.29, 0.717) is 24.2 Å². The molecule has 0 bridgehead atoms. The van der Waals surface area contributed by atoms with Crippen molar-refractivity contribution in [2.75, 3.05) is 23.0 Å². The summed E-state index contributed by atoms with van der Waals surface area (Å²) >= 11 is 0. The second-order valence-electron chi connectivity index (χ2n) is 8.59. The van der Waals surface area contributed by atoms with E-state index in [4.69, 9.17) is 4.74 Å². The number of hydrogen-bond donors (Lipinski definition) is 0. The third kappa shape index (κ3) is 5.22. The predicted molar refractivity (Wildman–Crippen MR) is 131 cm³/mol. The first-order valence-corrected chi connectivity index (χ1v) is 13.0. The molecule has 3 aromatic rings. The van der Waals surface area contributed by atoms with Crippen molar-refractivity contribution in [3.8, 4) is 0 Å². The lowest BCUT2D eigenvalue weighted by Crippen LogP contribution is -2.43. The second kappa shape index (κ2) is 9.85. The summed E-state index contributed by atoms with van der Waals surface area (Å²) < 4.78 is 31.5. The first-order valence-electron chi connectivity index (χ1n) is 11.2. The average molecular weight is 481 g/mol. The zero-order valence-corrected chi connectivity index (χ0v) is 20.1. The number of esters is 1. The summed E-state index contributed by atoms with van der Waals surface area (Å²) in [6.45, 7) is 3.94. The van der Waals surface area contributed by atoms with E-state index >= 15 is 0 Å². The van der Waals surface area contributed by atoms with Gasteiger partial charge in [0.25, 0.3) is 5.91 Å². The molecule has 0 aliphatic carbocycles. The highest BCUT2D eigenvalue weighted by Crippen LogP contribution is 2.25. The monoisotopic (exact) mass is 480 g/mol. The zero-order valence-electron chi connectivity index (χ0n) is 19.3. The summed E-state index contributed by atoms with van der Waals surface area (Å²) in [5.41, 5.74) is 3.80. The highest BCUT2D eigenvalue weighted by molar-refractivity contribution is 7.91. The molecule has 1 fully saturated rings. The summed E-state index contributed by atoms with van der Waals surface area (Å²) in [4.78, 5) is 27.4. The van der Waals surface area contributed by atoms with Crippen LogP contribution in [0.3, 0.4) is 0 Å². The molecule has 178 valence electrons. The van der Waals surface area contributed by atoms with Crippen LogP contribution in [0.4, 0.5) is 5.69 Å². The number of carbonyl (C=O) groups excluding carboxylic acids is 2. The molecule has 4 rings (SSSR count). The van der Waals surface area contributed by atoms with Gasteiger partial charge in [-0.2, -0.15) is 0 Å². The number of anilines is 1. The number of amides is 1. The Balaban J connectivity index is 1.48. The number of aromatic nitrogens is 1. The van der Waals surface area contributed by atoms with Gasteiger partial charge in [-0.1, -0.05) is 48.5 Å². The van der Waals surface area contributed by atoms with Gasteiger partial charge in [0.1, 0.15) is 0 Å². The van der Waals surface area contributed by atoms with Crippen molar-refractivity contribution in [3.05, 3.63) is 89.2 Å². The fourth-order valence-corrected chi connectivity index (χ4v) is 6.12. The van der Waals surface area contributed by atoms with Crippen LogP contribution in [-0.4, -0.2) is 49.0 Å². The normalized spacial score (nSPS) is 16.8. The van der Waals surface area contributed by atoms with E-state index in [9.17, 15) is 18.0 Å². The zero-order chi connectivity index (χ0) is 24.3. The topological polar surface area (TPSA) is 85.7 Å². The van der Waals surface area contributed by atoms with Crippen molar-refractivity contribution >= 4 is 27.4 Å². The van der Waals surface area contributed by atoms with Crippen molar-refractivity contribution in [2.24, 2.45) is 0 Å². The molecule has 0 N–H and O–H groups in total. The average Bonchev–Trinajstić information content (AvgIpc) is 3.32. The largest absolute Gasteiger partial charge is 0.452 e. The maximum absolute atomic E-state index is 13.1. The highest BCUT2D eigenvalue weighted by Gasteiger charge is 2.36. The summed E-state index contributed by atoms with van der Waals surface area (Å²) in [5, 5.41) is 0. The van der Waals surface area contributed by atoms with Crippen molar-refractivity contribution < 1.29 is 22.7 Å². The Bertz CT molecular complexity index is 1280. The fraction of sp³-hybridized carbons (Fsp3) is 0.308. The lowest BCUT2D eigenvalue weighted by molar-refractivity contribution is -0.122. The van der Waals surface area contributed by atoms with Crippen molar-refractivity contribution in [2.45, 2.75) is 32.9 Å². The molecule has 7 nitrogen and oxygen atoms in total. The molecular weight excluding hydrogens is 452 g/mol. The smallest absolute Gasteiger partial charge is 0.340 e. The van der Waals surface area contributed by atoms with E-state index in [-0.39, 0.29) is 11.5 Å². The first kappa shape index (κ1) is 23.8. The van der Waals surface area contributed by atoms with Crippen LogP contribution in [0, 0.1) is 13.8 Å². The molecule has 0 radical (unpaired) electrons. The van der Waals surface area contributed by atoms with Crippen molar-refractivity contribution in [1.29, 1.82) is 0 Å². The van der Waals surface area contributed by atoms with E-state index in [1.807, 2.05) is 54.8 Å². The van der Waals surface area contributed by atoms with Crippen LogP contribution < -0.4 is 4.90 Å². The minimum atomic E-state index is -3.19. The SMILES string of the molecule is Cc1cc(C(=O)OCC(=O)N(c2ccccc2)[C@H]2CCS(=O)(=O)C2)c(C)n1Cc1ccccc1.